The molecule has 0 aromatic heterocycles. The molecule has 0 heterocycles. The van der Waals surface area contributed by atoms with E-state index in [2.05, 4.69) is 5.32 Å². The van der Waals surface area contributed by atoms with E-state index in [1.807, 2.05) is 38.1 Å². The van der Waals surface area contributed by atoms with Crippen LogP contribution in [0.1, 0.15) is 26.3 Å². The lowest BCUT2D eigenvalue weighted by Crippen LogP contribution is -2.50. The fraction of sp³-hybridized carbons (Fsp3) is 0.529. The summed E-state index contributed by atoms with van der Waals surface area (Å²) >= 11 is 0. The first-order valence-corrected chi connectivity index (χ1v) is 7.50. The molecule has 0 saturated carbocycles. The van der Waals surface area contributed by atoms with Gasteiger partial charge in [0, 0.05) is 25.9 Å². The summed E-state index contributed by atoms with van der Waals surface area (Å²) in [6, 6.07) is 7.71. The van der Waals surface area contributed by atoms with Crippen LogP contribution in [0, 0.1) is 12.3 Å². The van der Waals surface area contributed by atoms with Gasteiger partial charge < -0.3 is 15.0 Å². The summed E-state index contributed by atoms with van der Waals surface area (Å²) < 4.78 is 4.91. The van der Waals surface area contributed by atoms with E-state index in [-0.39, 0.29) is 11.8 Å². The Bertz CT molecular complexity index is 526. The van der Waals surface area contributed by atoms with E-state index in [9.17, 15) is 9.59 Å². The lowest BCUT2D eigenvalue weighted by molar-refractivity contribution is -0.139. The van der Waals surface area contributed by atoms with Crippen molar-refractivity contribution in [1.29, 1.82) is 0 Å². The largest absolute Gasteiger partial charge is 0.383 e. The molecule has 0 atom stereocenters. The minimum Gasteiger partial charge on any atom is -0.383 e. The van der Waals surface area contributed by atoms with Crippen molar-refractivity contribution in [1.82, 2.24) is 5.32 Å². The van der Waals surface area contributed by atoms with Crippen LogP contribution in [0.25, 0.3) is 0 Å². The average molecular weight is 306 g/mol. The molecule has 0 aliphatic rings. The SMILES string of the molecule is CCN(C(=O)C(C)(C)C(=O)NCCOC)c1cccc(C)c1. The first-order chi connectivity index (χ1) is 10.3. The zero-order valence-electron chi connectivity index (χ0n) is 14.1. The third kappa shape index (κ3) is 4.31. The number of rotatable bonds is 7. The van der Waals surface area contributed by atoms with E-state index in [1.165, 1.54) is 0 Å². The Balaban J connectivity index is 2.92. The Morgan fingerprint density at radius 2 is 2.00 bits per heavy atom. The normalized spacial score (nSPS) is 11.1. The maximum absolute atomic E-state index is 12.8. The van der Waals surface area contributed by atoms with Crippen molar-refractivity contribution >= 4 is 17.5 Å². The van der Waals surface area contributed by atoms with Gasteiger partial charge in [-0.2, -0.15) is 0 Å². The van der Waals surface area contributed by atoms with Crippen molar-refractivity contribution in [2.24, 2.45) is 5.41 Å². The van der Waals surface area contributed by atoms with Gasteiger partial charge in [0.15, 0.2) is 0 Å². The van der Waals surface area contributed by atoms with Crippen LogP contribution in [0.4, 0.5) is 5.69 Å². The number of carbonyl (C=O) groups excluding carboxylic acids is 2. The molecule has 122 valence electrons. The van der Waals surface area contributed by atoms with Crippen LogP contribution in [0.3, 0.4) is 0 Å². The number of nitrogens with zero attached hydrogens (tertiary/aromatic N) is 1. The van der Waals surface area contributed by atoms with E-state index < -0.39 is 5.41 Å². The van der Waals surface area contributed by atoms with Crippen LogP contribution in [0.15, 0.2) is 24.3 Å². The molecule has 0 unspecified atom stereocenters. The van der Waals surface area contributed by atoms with Crippen molar-refractivity contribution < 1.29 is 14.3 Å². The fourth-order valence-corrected chi connectivity index (χ4v) is 2.16. The van der Waals surface area contributed by atoms with Crippen LogP contribution in [-0.4, -0.2) is 38.6 Å². The average Bonchev–Trinajstić information content (AvgIpc) is 2.48. The van der Waals surface area contributed by atoms with Gasteiger partial charge in [-0.3, -0.25) is 9.59 Å². The second-order valence-corrected chi connectivity index (χ2v) is 5.76. The Labute approximate surface area is 132 Å². The highest BCUT2D eigenvalue weighted by molar-refractivity contribution is 6.11. The van der Waals surface area contributed by atoms with Crippen LogP contribution in [-0.2, 0) is 14.3 Å². The Morgan fingerprint density at radius 3 is 2.55 bits per heavy atom. The summed E-state index contributed by atoms with van der Waals surface area (Å²) in [6.07, 6.45) is 0. The van der Waals surface area contributed by atoms with Crippen molar-refractivity contribution in [3.05, 3.63) is 29.8 Å². The molecule has 5 heteroatoms. The smallest absolute Gasteiger partial charge is 0.242 e. The molecular formula is C17H26N2O3. The first-order valence-electron chi connectivity index (χ1n) is 7.50. The van der Waals surface area contributed by atoms with E-state index in [0.29, 0.717) is 19.7 Å². The zero-order valence-corrected chi connectivity index (χ0v) is 14.1. The van der Waals surface area contributed by atoms with Gasteiger partial charge in [-0.05, 0) is 45.4 Å². The number of amides is 2. The number of ether oxygens (including phenoxy) is 1. The Kier molecular flexibility index (Phi) is 6.56. The van der Waals surface area contributed by atoms with E-state index in [4.69, 9.17) is 4.74 Å². The fourth-order valence-electron chi connectivity index (χ4n) is 2.16. The molecule has 0 spiro atoms. The molecule has 0 aliphatic carbocycles. The molecule has 1 rings (SSSR count). The van der Waals surface area contributed by atoms with Gasteiger partial charge in [-0.15, -0.1) is 0 Å². The lowest BCUT2D eigenvalue weighted by Gasteiger charge is -2.30. The molecule has 1 aromatic carbocycles. The zero-order chi connectivity index (χ0) is 16.8. The van der Waals surface area contributed by atoms with Gasteiger partial charge in [0.05, 0.1) is 6.61 Å². The maximum Gasteiger partial charge on any atom is 0.242 e. The number of methoxy groups -OCH3 is 1. The predicted molar refractivity (Wildman–Crippen MR) is 87.9 cm³/mol. The topological polar surface area (TPSA) is 58.6 Å². The number of carbonyl (C=O) groups is 2. The highest BCUT2D eigenvalue weighted by atomic mass is 16.5. The molecular weight excluding hydrogens is 280 g/mol. The maximum atomic E-state index is 12.8. The summed E-state index contributed by atoms with van der Waals surface area (Å²) in [7, 11) is 1.57. The summed E-state index contributed by atoms with van der Waals surface area (Å²) in [5, 5.41) is 2.74. The van der Waals surface area contributed by atoms with Crippen LogP contribution in [0.5, 0.6) is 0 Å². The number of benzene rings is 1. The molecule has 0 aliphatic heterocycles. The van der Waals surface area contributed by atoms with Crippen LogP contribution < -0.4 is 10.2 Å². The standard InChI is InChI=1S/C17H26N2O3/c1-6-19(14-9-7-8-13(2)12-14)16(21)17(3,4)15(20)18-10-11-22-5/h7-9,12H,6,10-11H2,1-5H3,(H,18,20). The van der Waals surface area contributed by atoms with Gasteiger partial charge >= 0.3 is 0 Å². The molecule has 22 heavy (non-hydrogen) atoms. The molecule has 0 saturated heterocycles. The van der Waals surface area contributed by atoms with Crippen molar-refractivity contribution in [2.75, 3.05) is 31.7 Å². The number of aryl methyl sites for hydroxylation is 1. The molecule has 0 radical (unpaired) electrons. The first kappa shape index (κ1) is 18.2. The molecule has 0 bridgehead atoms. The monoisotopic (exact) mass is 306 g/mol. The van der Waals surface area contributed by atoms with E-state index in [0.717, 1.165) is 11.3 Å². The van der Waals surface area contributed by atoms with Gasteiger partial charge in [-0.25, -0.2) is 0 Å². The van der Waals surface area contributed by atoms with Crippen molar-refractivity contribution in [2.45, 2.75) is 27.7 Å². The molecule has 2 amide bonds. The number of nitrogens with one attached hydrogen (secondary N) is 1. The Morgan fingerprint density at radius 1 is 1.32 bits per heavy atom. The second-order valence-electron chi connectivity index (χ2n) is 5.76. The summed E-state index contributed by atoms with van der Waals surface area (Å²) in [5.41, 5.74) is 0.754. The van der Waals surface area contributed by atoms with Crippen molar-refractivity contribution in [3.8, 4) is 0 Å². The molecule has 5 nitrogen and oxygen atoms in total. The summed E-state index contributed by atoms with van der Waals surface area (Å²) in [5.74, 6) is -0.504. The summed E-state index contributed by atoms with van der Waals surface area (Å²) in [6.45, 7) is 8.50. The number of anilines is 1. The quantitative estimate of drug-likeness (QED) is 0.620. The van der Waals surface area contributed by atoms with E-state index >= 15 is 0 Å². The molecule has 1 N–H and O–H groups in total. The minimum atomic E-state index is -1.13. The summed E-state index contributed by atoms with van der Waals surface area (Å²) in [4.78, 5) is 26.7. The predicted octanol–water partition coefficient (Wildman–Crippen LogP) is 2.14. The van der Waals surface area contributed by atoms with E-state index in [1.54, 1.807) is 25.9 Å². The molecule has 1 aromatic rings. The third-order valence-electron chi connectivity index (χ3n) is 3.57. The Hall–Kier alpha value is -1.88. The van der Waals surface area contributed by atoms with Crippen molar-refractivity contribution in [3.63, 3.8) is 0 Å². The number of hydrogen-bond donors (Lipinski definition) is 1. The van der Waals surface area contributed by atoms with Gasteiger partial charge in [0.1, 0.15) is 5.41 Å². The number of hydrogen-bond acceptors (Lipinski definition) is 3. The second kappa shape index (κ2) is 7.94. The van der Waals surface area contributed by atoms with Crippen LogP contribution >= 0.6 is 0 Å². The highest BCUT2D eigenvalue weighted by Gasteiger charge is 2.39. The van der Waals surface area contributed by atoms with Crippen LogP contribution in [0.2, 0.25) is 0 Å². The van der Waals surface area contributed by atoms with Gasteiger partial charge in [-0.1, -0.05) is 12.1 Å². The molecule has 0 fully saturated rings. The van der Waals surface area contributed by atoms with Gasteiger partial charge in [0.25, 0.3) is 0 Å². The highest BCUT2D eigenvalue weighted by Crippen LogP contribution is 2.24. The minimum absolute atomic E-state index is 0.212. The van der Waals surface area contributed by atoms with Gasteiger partial charge in [0.2, 0.25) is 11.8 Å². The third-order valence-corrected chi connectivity index (χ3v) is 3.57. The lowest BCUT2D eigenvalue weighted by atomic mass is 9.90.